The van der Waals surface area contributed by atoms with E-state index >= 15 is 0 Å². The number of halogens is 1. The van der Waals surface area contributed by atoms with Gasteiger partial charge in [-0.3, -0.25) is 9.98 Å². The summed E-state index contributed by atoms with van der Waals surface area (Å²) in [5.74, 6) is 2.30. The van der Waals surface area contributed by atoms with Gasteiger partial charge < -0.3 is 20.1 Å². The first-order chi connectivity index (χ1) is 17.0. The van der Waals surface area contributed by atoms with Crippen molar-refractivity contribution in [3.05, 3.63) is 62.9 Å². The highest BCUT2D eigenvalue weighted by Crippen LogP contribution is 2.26. The lowest BCUT2D eigenvalue weighted by Crippen LogP contribution is -2.42. The Morgan fingerprint density at radius 2 is 2.03 bits per heavy atom. The topological polar surface area (TPSA) is 133 Å². The number of aromatic amines is 2. The molecular formula is C24H28ClN7O3. The number of ether oxygens (including phenoxy) is 1. The Bertz CT molecular complexity index is 1300. The van der Waals surface area contributed by atoms with Crippen molar-refractivity contribution in [3.63, 3.8) is 0 Å². The van der Waals surface area contributed by atoms with Crippen LogP contribution in [-0.2, 0) is 12.8 Å². The largest absolute Gasteiger partial charge is 0.493 e. The van der Waals surface area contributed by atoms with Gasteiger partial charge in [-0.2, -0.15) is 5.10 Å². The molecule has 3 heterocycles. The maximum atomic E-state index is 11.5. The van der Waals surface area contributed by atoms with Gasteiger partial charge >= 0.3 is 5.69 Å². The van der Waals surface area contributed by atoms with Crippen LogP contribution in [0.1, 0.15) is 43.1 Å². The Balaban J connectivity index is 1.34. The van der Waals surface area contributed by atoms with Gasteiger partial charge in [-0.15, -0.1) is 0 Å². The molecule has 10 nitrogen and oxygen atoms in total. The number of benzene rings is 1. The van der Waals surface area contributed by atoms with Gasteiger partial charge in [-0.05, 0) is 55.5 Å². The normalized spacial score (nSPS) is 20.3. The number of nitrogens with one attached hydrogen (secondary N) is 3. The maximum Gasteiger partial charge on any atom is 0.325 e. The molecule has 5 rings (SSSR count). The van der Waals surface area contributed by atoms with Crippen molar-refractivity contribution in [2.45, 2.75) is 45.1 Å². The second kappa shape index (κ2) is 9.99. The van der Waals surface area contributed by atoms with E-state index in [1.54, 1.807) is 18.3 Å². The summed E-state index contributed by atoms with van der Waals surface area (Å²) in [7, 11) is 0. The van der Waals surface area contributed by atoms with Crippen molar-refractivity contribution >= 4 is 23.4 Å². The van der Waals surface area contributed by atoms with E-state index in [2.05, 4.69) is 27.3 Å². The third-order valence-electron chi connectivity index (χ3n) is 6.13. The first kappa shape index (κ1) is 23.2. The average Bonchev–Trinajstić information content (AvgIpc) is 3.48. The Hall–Kier alpha value is -3.53. The van der Waals surface area contributed by atoms with Gasteiger partial charge in [-0.1, -0.05) is 18.5 Å². The molecule has 1 aromatic carbocycles. The van der Waals surface area contributed by atoms with Gasteiger partial charge in [0.05, 0.1) is 30.2 Å². The lowest BCUT2D eigenvalue weighted by atomic mass is 9.99. The van der Waals surface area contributed by atoms with Crippen LogP contribution in [0.2, 0.25) is 5.02 Å². The molecule has 0 saturated heterocycles. The zero-order chi connectivity index (χ0) is 24.4. The van der Waals surface area contributed by atoms with Crippen molar-refractivity contribution in [2.75, 3.05) is 13.2 Å². The number of imidazole rings is 1. The Morgan fingerprint density at radius 1 is 1.23 bits per heavy atom. The number of fused-ring (bicyclic) bond motifs is 1. The molecule has 1 atom stereocenters. The van der Waals surface area contributed by atoms with Crippen LogP contribution in [0, 0.1) is 5.92 Å². The van der Waals surface area contributed by atoms with Gasteiger partial charge in [0.1, 0.15) is 18.2 Å². The van der Waals surface area contributed by atoms with Crippen LogP contribution < -0.4 is 15.7 Å². The highest BCUT2D eigenvalue weighted by Gasteiger charge is 2.27. The standard InChI is InChI=1S/C24H28ClN7O3/c1-14-2-9-20-15(12-19-22(33)31-24(34)29-19)13-27-32(20)23(28-17-5-6-17)30-21(14)26-10-11-35-18-7-3-16(25)4-8-18/h3-4,7-8,13-14,17,33H,2,5-6,9-12H2,1H3,(H,26,28,30)(H2,29,31,34). The summed E-state index contributed by atoms with van der Waals surface area (Å²) in [5.41, 5.74) is 1.96. The molecule has 1 aliphatic carbocycles. The van der Waals surface area contributed by atoms with Crippen LogP contribution in [0.25, 0.3) is 0 Å². The van der Waals surface area contributed by atoms with Crippen LogP contribution in [0.5, 0.6) is 11.6 Å². The molecule has 1 unspecified atom stereocenters. The number of rotatable bonds is 7. The highest BCUT2D eigenvalue weighted by atomic mass is 35.5. The first-order valence-electron chi connectivity index (χ1n) is 11.8. The third kappa shape index (κ3) is 5.59. The number of hydrogen-bond donors (Lipinski definition) is 4. The van der Waals surface area contributed by atoms with Crippen molar-refractivity contribution < 1.29 is 9.84 Å². The summed E-state index contributed by atoms with van der Waals surface area (Å²) in [6.07, 6.45) is 5.88. The van der Waals surface area contributed by atoms with Gasteiger partial charge in [0.25, 0.3) is 0 Å². The molecule has 0 amide bonds. The zero-order valence-electron chi connectivity index (χ0n) is 19.4. The molecule has 11 heteroatoms. The Kier molecular flexibility index (Phi) is 6.63. The number of hydrogen-bond acceptors (Lipinski definition) is 6. The summed E-state index contributed by atoms with van der Waals surface area (Å²) in [4.78, 5) is 26.2. The van der Waals surface area contributed by atoms with Crippen LogP contribution in [-0.4, -0.2) is 55.8 Å². The van der Waals surface area contributed by atoms with Crippen LogP contribution in [0.4, 0.5) is 0 Å². The summed E-state index contributed by atoms with van der Waals surface area (Å²) < 4.78 is 7.62. The summed E-state index contributed by atoms with van der Waals surface area (Å²) >= 11 is 5.93. The molecule has 0 radical (unpaired) electrons. The molecule has 3 aromatic rings. The number of amidine groups is 1. The molecule has 1 saturated carbocycles. The fourth-order valence-corrected chi connectivity index (χ4v) is 4.16. The second-order valence-electron chi connectivity index (χ2n) is 8.93. The lowest BCUT2D eigenvalue weighted by Gasteiger charge is -2.23. The second-order valence-corrected chi connectivity index (χ2v) is 9.37. The minimum Gasteiger partial charge on any atom is -0.493 e. The van der Waals surface area contributed by atoms with Crippen molar-refractivity contribution in [3.8, 4) is 11.6 Å². The SMILES string of the molecule is CC1CCc2c(Cc3[nH]c(=O)[nH]c3O)cnn2C(=NC2CC2)NC1=NCCOc1ccc(Cl)cc1. The van der Waals surface area contributed by atoms with Crippen LogP contribution in [0.3, 0.4) is 0 Å². The van der Waals surface area contributed by atoms with Crippen molar-refractivity contribution in [1.29, 1.82) is 0 Å². The third-order valence-corrected chi connectivity index (χ3v) is 6.39. The number of aromatic hydroxyl groups is 1. The van der Waals surface area contributed by atoms with E-state index in [-0.39, 0.29) is 17.8 Å². The minimum absolute atomic E-state index is 0.144. The molecule has 35 heavy (non-hydrogen) atoms. The van der Waals surface area contributed by atoms with Crippen molar-refractivity contribution in [2.24, 2.45) is 15.9 Å². The smallest absolute Gasteiger partial charge is 0.325 e. The van der Waals surface area contributed by atoms with Crippen LogP contribution in [0.15, 0.2) is 45.2 Å². The van der Waals surface area contributed by atoms with Crippen LogP contribution >= 0.6 is 11.6 Å². The van der Waals surface area contributed by atoms with Gasteiger partial charge in [0.2, 0.25) is 11.8 Å². The summed E-state index contributed by atoms with van der Waals surface area (Å²) in [5, 5.41) is 18.7. The molecule has 0 bridgehead atoms. The molecule has 2 aliphatic rings. The summed E-state index contributed by atoms with van der Waals surface area (Å²) in [6, 6.07) is 7.56. The monoisotopic (exact) mass is 497 g/mol. The minimum atomic E-state index is -0.431. The van der Waals surface area contributed by atoms with E-state index in [9.17, 15) is 9.90 Å². The number of aliphatic imine (C=N–C) groups is 2. The van der Waals surface area contributed by atoms with E-state index in [1.807, 2.05) is 16.8 Å². The van der Waals surface area contributed by atoms with E-state index in [0.29, 0.717) is 36.2 Å². The van der Waals surface area contributed by atoms with E-state index in [4.69, 9.17) is 26.3 Å². The number of aromatic nitrogens is 4. The fraction of sp³-hybridized carbons (Fsp3) is 0.417. The van der Waals surface area contributed by atoms with Crippen molar-refractivity contribution in [1.82, 2.24) is 25.1 Å². The molecule has 2 aromatic heterocycles. The quantitative estimate of drug-likeness (QED) is 0.372. The average molecular weight is 498 g/mol. The molecule has 1 aliphatic heterocycles. The lowest BCUT2D eigenvalue weighted by molar-refractivity contribution is 0.328. The number of H-pyrrole nitrogens is 2. The first-order valence-corrected chi connectivity index (χ1v) is 12.2. The van der Waals surface area contributed by atoms with Gasteiger partial charge in [0, 0.05) is 17.4 Å². The Labute approximate surface area is 207 Å². The predicted octanol–water partition coefficient (Wildman–Crippen LogP) is 2.87. The van der Waals surface area contributed by atoms with Gasteiger partial charge in [0.15, 0.2) is 0 Å². The number of nitrogens with zero attached hydrogens (tertiary/aromatic N) is 4. The Morgan fingerprint density at radius 3 is 2.74 bits per heavy atom. The van der Waals surface area contributed by atoms with Gasteiger partial charge in [-0.25, -0.2) is 14.5 Å². The van der Waals surface area contributed by atoms with E-state index in [1.165, 1.54) is 0 Å². The maximum absolute atomic E-state index is 11.5. The highest BCUT2D eigenvalue weighted by molar-refractivity contribution is 6.30. The molecule has 4 N–H and O–H groups in total. The predicted molar refractivity (Wildman–Crippen MR) is 134 cm³/mol. The van der Waals surface area contributed by atoms with E-state index < -0.39 is 5.69 Å². The molecule has 0 spiro atoms. The molecule has 1 fully saturated rings. The molecule has 184 valence electrons. The fourth-order valence-electron chi connectivity index (χ4n) is 4.03. The molecular weight excluding hydrogens is 470 g/mol. The van der Waals surface area contributed by atoms with E-state index in [0.717, 1.165) is 48.5 Å². The summed E-state index contributed by atoms with van der Waals surface area (Å²) in [6.45, 7) is 3.09. The zero-order valence-corrected chi connectivity index (χ0v) is 20.2.